The second-order valence-electron chi connectivity index (χ2n) is 4.36. The molecular formula is C12H16BrNO2S. The molecule has 1 atom stereocenters. The molecule has 94 valence electrons. The first-order chi connectivity index (χ1) is 8.19. The van der Waals surface area contributed by atoms with Gasteiger partial charge >= 0.3 is 5.97 Å². The maximum absolute atomic E-state index is 11.5. The maximum atomic E-state index is 11.5. The largest absolute Gasteiger partial charge is 0.469 e. The molecule has 2 heterocycles. The van der Waals surface area contributed by atoms with Gasteiger partial charge in [-0.2, -0.15) is 0 Å². The number of likely N-dealkylation sites (tertiary alicyclic amines) is 1. The van der Waals surface area contributed by atoms with Crippen molar-refractivity contribution >= 4 is 33.2 Å². The summed E-state index contributed by atoms with van der Waals surface area (Å²) in [4.78, 5) is 13.8. The summed E-state index contributed by atoms with van der Waals surface area (Å²) in [6.07, 6.45) is 2.03. The quantitative estimate of drug-likeness (QED) is 0.803. The van der Waals surface area contributed by atoms with Crippen molar-refractivity contribution in [2.75, 3.05) is 20.2 Å². The van der Waals surface area contributed by atoms with Crippen LogP contribution in [0.2, 0.25) is 0 Å². The Balaban J connectivity index is 1.91. The average Bonchev–Trinajstić information content (AvgIpc) is 2.74. The third-order valence-electron chi connectivity index (χ3n) is 3.07. The number of carbonyl (C=O) groups is 1. The normalized spacial score (nSPS) is 21.4. The Morgan fingerprint density at radius 3 is 3.18 bits per heavy atom. The number of carbonyl (C=O) groups excluding carboxylic acids is 1. The zero-order valence-corrected chi connectivity index (χ0v) is 12.2. The molecule has 1 aliphatic heterocycles. The van der Waals surface area contributed by atoms with Crippen LogP contribution in [0.1, 0.15) is 18.4 Å². The van der Waals surface area contributed by atoms with Crippen molar-refractivity contribution in [1.29, 1.82) is 0 Å². The van der Waals surface area contributed by atoms with Crippen LogP contribution in [-0.4, -0.2) is 31.1 Å². The minimum Gasteiger partial charge on any atom is -0.469 e. The molecule has 0 bridgehead atoms. The number of esters is 1. The molecular weight excluding hydrogens is 302 g/mol. The fourth-order valence-electron chi connectivity index (χ4n) is 2.25. The van der Waals surface area contributed by atoms with Crippen molar-refractivity contribution in [2.24, 2.45) is 5.92 Å². The van der Waals surface area contributed by atoms with E-state index in [4.69, 9.17) is 4.74 Å². The van der Waals surface area contributed by atoms with Gasteiger partial charge in [0.25, 0.3) is 0 Å². The van der Waals surface area contributed by atoms with E-state index in [1.165, 1.54) is 12.7 Å². The molecule has 1 aromatic heterocycles. The lowest BCUT2D eigenvalue weighted by Gasteiger charge is -2.30. The highest BCUT2D eigenvalue weighted by molar-refractivity contribution is 9.11. The molecule has 0 saturated carbocycles. The summed E-state index contributed by atoms with van der Waals surface area (Å²) in [7, 11) is 1.47. The first-order valence-electron chi connectivity index (χ1n) is 5.72. The van der Waals surface area contributed by atoms with Crippen molar-refractivity contribution < 1.29 is 9.53 Å². The van der Waals surface area contributed by atoms with Crippen molar-refractivity contribution in [3.8, 4) is 0 Å². The molecule has 17 heavy (non-hydrogen) atoms. The van der Waals surface area contributed by atoms with E-state index in [9.17, 15) is 4.79 Å². The van der Waals surface area contributed by atoms with Gasteiger partial charge in [-0.25, -0.2) is 0 Å². The number of hydrogen-bond donors (Lipinski definition) is 0. The van der Waals surface area contributed by atoms with Crippen molar-refractivity contribution in [2.45, 2.75) is 19.4 Å². The molecule has 3 nitrogen and oxygen atoms in total. The zero-order valence-electron chi connectivity index (χ0n) is 9.82. The lowest BCUT2D eigenvalue weighted by molar-refractivity contribution is -0.147. The predicted octanol–water partition coefficient (Wildman–Crippen LogP) is 2.90. The Labute approximate surface area is 114 Å². The summed E-state index contributed by atoms with van der Waals surface area (Å²) >= 11 is 5.17. The number of nitrogens with zero attached hydrogens (tertiary/aromatic N) is 1. The SMILES string of the molecule is COC(=O)[C@H]1CCCN(Cc2csc(Br)c2)C1. The highest BCUT2D eigenvalue weighted by Crippen LogP contribution is 2.24. The molecule has 0 aliphatic carbocycles. The fraction of sp³-hybridized carbons (Fsp3) is 0.583. The number of hydrogen-bond acceptors (Lipinski definition) is 4. The minimum atomic E-state index is -0.0683. The third kappa shape index (κ3) is 3.53. The topological polar surface area (TPSA) is 29.5 Å². The molecule has 2 rings (SSSR count). The Morgan fingerprint density at radius 2 is 2.53 bits per heavy atom. The smallest absolute Gasteiger partial charge is 0.309 e. The van der Waals surface area contributed by atoms with Gasteiger partial charge < -0.3 is 4.74 Å². The summed E-state index contributed by atoms with van der Waals surface area (Å²) < 4.78 is 5.98. The molecule has 5 heteroatoms. The van der Waals surface area contributed by atoms with E-state index in [1.807, 2.05) is 0 Å². The number of rotatable bonds is 3. The van der Waals surface area contributed by atoms with Crippen LogP contribution >= 0.6 is 27.3 Å². The Hall–Kier alpha value is -0.390. The van der Waals surface area contributed by atoms with E-state index in [0.717, 1.165) is 36.3 Å². The van der Waals surface area contributed by atoms with Crippen LogP contribution in [0, 0.1) is 5.92 Å². The molecule has 1 saturated heterocycles. The summed E-state index contributed by atoms with van der Waals surface area (Å²) in [5, 5.41) is 2.16. The van der Waals surface area contributed by atoms with Gasteiger partial charge in [-0.15, -0.1) is 11.3 Å². The Kier molecular flexibility index (Phi) is 4.59. The van der Waals surface area contributed by atoms with Crippen LogP contribution < -0.4 is 0 Å². The molecule has 1 fully saturated rings. The molecule has 0 N–H and O–H groups in total. The van der Waals surface area contributed by atoms with Crippen molar-refractivity contribution in [3.05, 3.63) is 20.8 Å². The van der Waals surface area contributed by atoms with Crippen molar-refractivity contribution in [1.82, 2.24) is 4.90 Å². The molecule has 0 radical (unpaired) electrons. The molecule has 0 aromatic carbocycles. The number of ether oxygens (including phenoxy) is 1. The van der Waals surface area contributed by atoms with Gasteiger partial charge in [0.05, 0.1) is 16.8 Å². The summed E-state index contributed by atoms with van der Waals surface area (Å²) in [5.41, 5.74) is 1.31. The summed E-state index contributed by atoms with van der Waals surface area (Å²) in [6.45, 7) is 2.82. The predicted molar refractivity (Wildman–Crippen MR) is 72.0 cm³/mol. The minimum absolute atomic E-state index is 0.0517. The second kappa shape index (κ2) is 5.98. The fourth-order valence-corrected chi connectivity index (χ4v) is 3.45. The van der Waals surface area contributed by atoms with Gasteiger partial charge in [0.1, 0.15) is 0 Å². The van der Waals surface area contributed by atoms with Crippen molar-refractivity contribution in [3.63, 3.8) is 0 Å². The van der Waals surface area contributed by atoms with Gasteiger partial charge in [0.2, 0.25) is 0 Å². The highest BCUT2D eigenvalue weighted by Gasteiger charge is 2.26. The van der Waals surface area contributed by atoms with Crippen LogP contribution in [0.15, 0.2) is 15.2 Å². The van der Waals surface area contributed by atoms with E-state index in [2.05, 4.69) is 32.3 Å². The maximum Gasteiger partial charge on any atom is 0.309 e. The standard InChI is InChI=1S/C12H16BrNO2S/c1-16-12(15)10-3-2-4-14(7-10)6-9-5-11(13)17-8-9/h5,8,10H,2-4,6-7H2,1H3/t10-/m0/s1. The average molecular weight is 318 g/mol. The van der Waals surface area contributed by atoms with Crippen LogP contribution in [0.25, 0.3) is 0 Å². The van der Waals surface area contributed by atoms with E-state index < -0.39 is 0 Å². The van der Waals surface area contributed by atoms with E-state index in [-0.39, 0.29) is 11.9 Å². The lowest BCUT2D eigenvalue weighted by Crippen LogP contribution is -2.38. The van der Waals surface area contributed by atoms with Gasteiger partial charge in [-0.1, -0.05) is 0 Å². The monoisotopic (exact) mass is 317 g/mol. The van der Waals surface area contributed by atoms with E-state index >= 15 is 0 Å². The Bertz CT molecular complexity index is 394. The van der Waals surface area contributed by atoms with Crippen LogP contribution in [0.5, 0.6) is 0 Å². The number of halogens is 1. The first-order valence-corrected chi connectivity index (χ1v) is 7.39. The third-order valence-corrected chi connectivity index (χ3v) is 4.62. The van der Waals surface area contributed by atoms with Gasteiger partial charge in [0.15, 0.2) is 0 Å². The number of thiophene rings is 1. The van der Waals surface area contributed by atoms with Crippen LogP contribution in [-0.2, 0) is 16.1 Å². The van der Waals surface area contributed by atoms with Gasteiger partial charge in [0, 0.05) is 13.1 Å². The van der Waals surface area contributed by atoms with Crippen LogP contribution in [0.4, 0.5) is 0 Å². The Morgan fingerprint density at radius 1 is 1.71 bits per heavy atom. The van der Waals surface area contributed by atoms with Gasteiger partial charge in [-0.05, 0) is 52.3 Å². The highest BCUT2D eigenvalue weighted by atomic mass is 79.9. The van der Waals surface area contributed by atoms with Crippen LogP contribution in [0.3, 0.4) is 0 Å². The van der Waals surface area contributed by atoms with E-state index in [1.54, 1.807) is 11.3 Å². The van der Waals surface area contributed by atoms with E-state index in [0.29, 0.717) is 0 Å². The lowest BCUT2D eigenvalue weighted by atomic mass is 9.98. The number of methoxy groups -OCH3 is 1. The first kappa shape index (κ1) is 13.1. The summed E-state index contributed by atoms with van der Waals surface area (Å²) in [5.74, 6) is -0.0166. The molecule has 1 aliphatic rings. The molecule has 0 spiro atoms. The summed E-state index contributed by atoms with van der Waals surface area (Å²) in [6, 6.07) is 2.15. The van der Waals surface area contributed by atoms with Gasteiger partial charge in [-0.3, -0.25) is 9.69 Å². The molecule has 0 unspecified atom stereocenters. The molecule has 1 aromatic rings. The second-order valence-corrected chi connectivity index (χ2v) is 6.65. The molecule has 0 amide bonds. The number of piperidine rings is 1. The zero-order chi connectivity index (χ0) is 12.3.